The van der Waals surface area contributed by atoms with Gasteiger partial charge in [-0.15, -0.1) is 0 Å². The number of rotatable bonds is 3. The van der Waals surface area contributed by atoms with Gasteiger partial charge in [0.25, 0.3) is 5.78 Å². The van der Waals surface area contributed by atoms with Gasteiger partial charge >= 0.3 is 6.18 Å². The third-order valence-electron chi connectivity index (χ3n) is 4.16. The Balaban J connectivity index is 1.86. The van der Waals surface area contributed by atoms with E-state index in [1.807, 2.05) is 19.9 Å². The molecule has 9 heteroatoms. The highest BCUT2D eigenvalue weighted by molar-refractivity contribution is 5.47. The molecule has 0 saturated carbocycles. The van der Waals surface area contributed by atoms with E-state index in [-0.39, 0.29) is 5.92 Å². The first-order chi connectivity index (χ1) is 11.4. The second kappa shape index (κ2) is 6.54. The highest BCUT2D eigenvalue weighted by Crippen LogP contribution is 2.23. The summed E-state index contributed by atoms with van der Waals surface area (Å²) in [6.07, 6.45) is -1.96. The molecule has 3 rings (SSSR count). The van der Waals surface area contributed by atoms with Crippen LogP contribution in [0, 0.1) is 5.92 Å². The van der Waals surface area contributed by atoms with Gasteiger partial charge in [0, 0.05) is 37.9 Å². The lowest BCUT2D eigenvalue weighted by Crippen LogP contribution is -2.38. The Labute approximate surface area is 138 Å². The molecule has 0 aromatic carbocycles. The van der Waals surface area contributed by atoms with Gasteiger partial charge in [-0.2, -0.15) is 27.8 Å². The van der Waals surface area contributed by atoms with Gasteiger partial charge in [0.15, 0.2) is 0 Å². The predicted molar refractivity (Wildman–Crippen MR) is 84.0 cm³/mol. The molecule has 0 N–H and O–H groups in total. The van der Waals surface area contributed by atoms with Crippen LogP contribution in [0.3, 0.4) is 0 Å². The van der Waals surface area contributed by atoms with Crippen LogP contribution in [0.4, 0.5) is 19.0 Å². The molecule has 1 aliphatic rings. The zero-order chi connectivity index (χ0) is 17.3. The number of alkyl halides is 3. The zero-order valence-corrected chi connectivity index (χ0v) is 13.8. The van der Waals surface area contributed by atoms with Crippen molar-refractivity contribution in [3.8, 4) is 0 Å². The molecule has 3 heterocycles. The van der Waals surface area contributed by atoms with Gasteiger partial charge in [-0.05, 0) is 12.3 Å². The third kappa shape index (κ3) is 3.77. The molecule has 1 atom stereocenters. The molecule has 1 fully saturated rings. The molecule has 0 bridgehead atoms. The van der Waals surface area contributed by atoms with Crippen LogP contribution in [0.2, 0.25) is 0 Å². The largest absolute Gasteiger partial charge is 0.401 e. The minimum Gasteiger partial charge on any atom is -0.355 e. The minimum absolute atomic E-state index is 0.117. The first-order valence-corrected chi connectivity index (χ1v) is 8.09. The second-order valence-electron chi connectivity index (χ2n) is 6.33. The van der Waals surface area contributed by atoms with Crippen molar-refractivity contribution in [2.45, 2.75) is 26.4 Å². The van der Waals surface area contributed by atoms with Gasteiger partial charge < -0.3 is 4.90 Å². The third-order valence-corrected chi connectivity index (χ3v) is 4.16. The van der Waals surface area contributed by atoms with E-state index in [1.165, 1.54) is 11.2 Å². The minimum atomic E-state index is -4.17. The summed E-state index contributed by atoms with van der Waals surface area (Å²) in [7, 11) is 0. The number of nitrogens with zero attached hydrogens (tertiary/aromatic N) is 6. The fourth-order valence-corrected chi connectivity index (χ4v) is 3.18. The number of anilines is 1. The van der Waals surface area contributed by atoms with Crippen LogP contribution in [-0.4, -0.2) is 63.4 Å². The molecule has 1 aliphatic heterocycles. The van der Waals surface area contributed by atoms with Crippen molar-refractivity contribution >= 4 is 11.6 Å². The maximum atomic E-state index is 12.7. The first kappa shape index (κ1) is 16.9. The van der Waals surface area contributed by atoms with Crippen molar-refractivity contribution in [1.29, 1.82) is 0 Å². The first-order valence-electron chi connectivity index (χ1n) is 8.09. The van der Waals surface area contributed by atoms with E-state index >= 15 is 0 Å². The molecule has 0 amide bonds. The van der Waals surface area contributed by atoms with E-state index in [2.05, 4.69) is 20.0 Å². The summed E-state index contributed by atoms with van der Waals surface area (Å²) in [6.45, 7) is 5.11. The van der Waals surface area contributed by atoms with Gasteiger partial charge in [0.05, 0.1) is 6.54 Å². The number of aryl methyl sites for hydroxylation is 1. The van der Waals surface area contributed by atoms with Gasteiger partial charge in [0.2, 0.25) is 0 Å². The fourth-order valence-electron chi connectivity index (χ4n) is 3.18. The summed E-state index contributed by atoms with van der Waals surface area (Å²) < 4.78 is 39.8. The van der Waals surface area contributed by atoms with Crippen molar-refractivity contribution in [3.63, 3.8) is 0 Å². The van der Waals surface area contributed by atoms with Crippen LogP contribution < -0.4 is 4.90 Å². The highest BCUT2D eigenvalue weighted by atomic mass is 19.4. The number of aromatic nitrogens is 4. The topological polar surface area (TPSA) is 49.6 Å². The molecule has 0 aliphatic carbocycles. The van der Waals surface area contributed by atoms with Crippen LogP contribution in [0.15, 0.2) is 12.4 Å². The smallest absolute Gasteiger partial charge is 0.355 e. The Hall–Kier alpha value is -1.90. The Morgan fingerprint density at radius 3 is 2.75 bits per heavy atom. The summed E-state index contributed by atoms with van der Waals surface area (Å²) in [5.41, 5.74) is 0.898. The van der Waals surface area contributed by atoms with E-state index in [0.717, 1.165) is 17.9 Å². The maximum absolute atomic E-state index is 12.7. The molecule has 1 unspecified atom stereocenters. The fraction of sp³-hybridized carbons (Fsp3) is 0.667. The van der Waals surface area contributed by atoms with E-state index in [0.29, 0.717) is 32.0 Å². The SMILES string of the molecule is CCc1cc(N2CCN(CC(F)(F)F)CC(C)C2)n2ncnc2n1. The maximum Gasteiger partial charge on any atom is 0.401 e. The number of hydrogen-bond acceptors (Lipinski definition) is 5. The standard InChI is InChI=1S/C15H21F3N6/c1-3-12-6-13(24-14(21-12)19-10-20-24)23-5-4-22(7-11(2)8-23)9-15(16,17)18/h6,10-11H,3-5,7-9H2,1-2H3. The molecule has 2 aromatic heterocycles. The average Bonchev–Trinajstić information content (AvgIpc) is 2.89. The average molecular weight is 342 g/mol. The summed E-state index contributed by atoms with van der Waals surface area (Å²) in [5.74, 6) is 1.48. The lowest BCUT2D eigenvalue weighted by Gasteiger charge is -2.25. The van der Waals surface area contributed by atoms with Gasteiger partial charge in [-0.3, -0.25) is 4.90 Å². The van der Waals surface area contributed by atoms with Crippen molar-refractivity contribution in [2.75, 3.05) is 37.6 Å². The quantitative estimate of drug-likeness (QED) is 0.854. The molecule has 132 valence electrons. The van der Waals surface area contributed by atoms with E-state index in [9.17, 15) is 13.2 Å². The Kier molecular flexibility index (Phi) is 4.62. The summed E-state index contributed by atoms with van der Waals surface area (Å²) in [4.78, 5) is 12.1. The van der Waals surface area contributed by atoms with Crippen LogP contribution in [0.1, 0.15) is 19.5 Å². The van der Waals surface area contributed by atoms with Crippen LogP contribution in [0.25, 0.3) is 5.78 Å². The lowest BCUT2D eigenvalue weighted by molar-refractivity contribution is -0.146. The van der Waals surface area contributed by atoms with Gasteiger partial charge in [-0.25, -0.2) is 4.98 Å². The Bertz CT molecular complexity index is 698. The lowest BCUT2D eigenvalue weighted by atomic mass is 10.1. The van der Waals surface area contributed by atoms with Crippen LogP contribution >= 0.6 is 0 Å². The van der Waals surface area contributed by atoms with E-state index < -0.39 is 12.7 Å². The Morgan fingerprint density at radius 2 is 2.04 bits per heavy atom. The van der Waals surface area contributed by atoms with E-state index in [4.69, 9.17) is 0 Å². The summed E-state index contributed by atoms with van der Waals surface area (Å²) in [5, 5.41) is 4.21. The summed E-state index contributed by atoms with van der Waals surface area (Å²) >= 11 is 0. The number of fused-ring (bicyclic) bond motifs is 1. The van der Waals surface area contributed by atoms with Crippen LogP contribution in [0.5, 0.6) is 0 Å². The molecular weight excluding hydrogens is 321 g/mol. The molecule has 1 saturated heterocycles. The van der Waals surface area contributed by atoms with Crippen molar-refractivity contribution in [2.24, 2.45) is 5.92 Å². The highest BCUT2D eigenvalue weighted by Gasteiger charge is 2.33. The predicted octanol–water partition coefficient (Wildman–Crippen LogP) is 2.01. The number of halogens is 3. The monoisotopic (exact) mass is 342 g/mol. The van der Waals surface area contributed by atoms with Crippen molar-refractivity contribution in [3.05, 3.63) is 18.1 Å². The van der Waals surface area contributed by atoms with E-state index in [1.54, 1.807) is 4.52 Å². The zero-order valence-electron chi connectivity index (χ0n) is 13.8. The van der Waals surface area contributed by atoms with Crippen molar-refractivity contribution in [1.82, 2.24) is 24.5 Å². The summed E-state index contributed by atoms with van der Waals surface area (Å²) in [6, 6.07) is 1.95. The molecular formula is C15H21F3N6. The number of hydrogen-bond donors (Lipinski definition) is 0. The molecule has 0 spiro atoms. The molecule has 24 heavy (non-hydrogen) atoms. The molecule has 2 aromatic rings. The second-order valence-corrected chi connectivity index (χ2v) is 6.33. The Morgan fingerprint density at radius 1 is 1.25 bits per heavy atom. The van der Waals surface area contributed by atoms with Gasteiger partial charge in [0.1, 0.15) is 12.1 Å². The van der Waals surface area contributed by atoms with Crippen LogP contribution in [-0.2, 0) is 6.42 Å². The molecule has 6 nitrogen and oxygen atoms in total. The normalized spacial score (nSPS) is 20.5. The van der Waals surface area contributed by atoms with Gasteiger partial charge in [-0.1, -0.05) is 13.8 Å². The van der Waals surface area contributed by atoms with Crippen molar-refractivity contribution < 1.29 is 13.2 Å². The molecule has 0 radical (unpaired) electrons.